The van der Waals surface area contributed by atoms with Crippen LogP contribution in [0.4, 0.5) is 0 Å². The first kappa shape index (κ1) is 11.5. The number of rotatable bonds is 2. The van der Waals surface area contributed by atoms with E-state index < -0.39 is 0 Å². The molecule has 0 aromatic heterocycles. The molecule has 0 unspecified atom stereocenters. The zero-order valence-electron chi connectivity index (χ0n) is 8.40. The van der Waals surface area contributed by atoms with Gasteiger partial charge in [0.2, 0.25) is 0 Å². The third kappa shape index (κ3) is 2.69. The molecule has 2 rings (SSSR count). The van der Waals surface area contributed by atoms with Crippen molar-refractivity contribution in [3.63, 3.8) is 0 Å². The second kappa shape index (κ2) is 5.35. The van der Waals surface area contributed by atoms with Crippen LogP contribution in [0.15, 0.2) is 54.6 Å². The summed E-state index contributed by atoms with van der Waals surface area (Å²) in [5, 5.41) is 0. The van der Waals surface area contributed by atoms with Crippen LogP contribution in [-0.4, -0.2) is 0 Å². The zero-order chi connectivity index (χ0) is 9.80. The number of hydrogen-bond donors (Lipinski definition) is 0. The molecule has 2 aromatic carbocycles. The Balaban J connectivity index is 0.00000112. The Hall–Kier alpha value is -1.56. The number of hydrogen-bond acceptors (Lipinski definition) is 0. The first-order valence-electron chi connectivity index (χ1n) is 5.04. The fourth-order valence-corrected chi connectivity index (χ4v) is 1.56. The van der Waals surface area contributed by atoms with Crippen LogP contribution in [0.2, 0.25) is 0 Å². The first-order chi connectivity index (χ1) is 6.90. The Kier molecular flexibility index (Phi) is 4.11. The lowest BCUT2D eigenvalue weighted by Crippen LogP contribution is -1.80. The van der Waals surface area contributed by atoms with Gasteiger partial charge in [-0.2, -0.15) is 0 Å². The lowest BCUT2D eigenvalue weighted by atomic mass is 10.0. The Morgan fingerprint density at radius 1 is 0.733 bits per heavy atom. The van der Waals surface area contributed by atoms with Gasteiger partial charge in [0.05, 0.1) is 0 Å². The summed E-state index contributed by atoms with van der Waals surface area (Å²) in [6.45, 7) is 2.18. The molecule has 0 aliphatic rings. The molecule has 0 atom stereocenters. The highest BCUT2D eigenvalue weighted by atomic mass is 14.0. The van der Waals surface area contributed by atoms with E-state index in [9.17, 15) is 0 Å². The van der Waals surface area contributed by atoms with Crippen LogP contribution in [-0.2, 0) is 6.42 Å². The van der Waals surface area contributed by atoms with Gasteiger partial charge in [-0.05, 0) is 23.1 Å². The predicted molar refractivity (Wildman–Crippen MR) is 68.0 cm³/mol. The van der Waals surface area contributed by atoms with E-state index in [1.807, 2.05) is 6.07 Å². The fraction of sp³-hybridized carbons (Fsp3) is 0.200. The van der Waals surface area contributed by atoms with Crippen LogP contribution in [0.5, 0.6) is 0 Å². The first-order valence-corrected chi connectivity index (χ1v) is 5.04. The quantitative estimate of drug-likeness (QED) is 0.664. The highest BCUT2D eigenvalue weighted by molar-refractivity contribution is 5.63. The minimum Gasteiger partial charge on any atom is -0.0776 e. The lowest BCUT2D eigenvalue weighted by Gasteiger charge is -2.02. The van der Waals surface area contributed by atoms with E-state index in [0.717, 1.165) is 6.42 Å². The SMILES string of the molecule is C.CCc1ccc(-c2ccccc2)cc1. The standard InChI is InChI=1S/C14H14.CH4/c1-2-12-8-10-14(11-9-12)13-6-4-3-5-7-13;/h3-11H,2H2,1H3;1H4. The molecule has 0 fully saturated rings. The van der Waals surface area contributed by atoms with E-state index >= 15 is 0 Å². The minimum absolute atomic E-state index is 0. The van der Waals surface area contributed by atoms with Crippen LogP contribution in [0.1, 0.15) is 19.9 Å². The van der Waals surface area contributed by atoms with E-state index in [-0.39, 0.29) is 7.43 Å². The maximum atomic E-state index is 2.20. The molecule has 0 heteroatoms. The average molecular weight is 198 g/mol. The van der Waals surface area contributed by atoms with Gasteiger partial charge in [-0.25, -0.2) is 0 Å². The molecule has 2 aromatic rings. The summed E-state index contributed by atoms with van der Waals surface area (Å²) in [4.78, 5) is 0. The van der Waals surface area contributed by atoms with Crippen molar-refractivity contribution in [2.45, 2.75) is 20.8 Å². The largest absolute Gasteiger partial charge is 0.0776 e. The third-order valence-electron chi connectivity index (χ3n) is 2.47. The van der Waals surface area contributed by atoms with E-state index in [1.165, 1.54) is 16.7 Å². The summed E-state index contributed by atoms with van der Waals surface area (Å²) in [5.41, 5.74) is 3.97. The molecule has 0 heterocycles. The van der Waals surface area contributed by atoms with Gasteiger partial charge < -0.3 is 0 Å². The molecule has 0 saturated heterocycles. The molecule has 78 valence electrons. The number of benzene rings is 2. The van der Waals surface area contributed by atoms with Crippen molar-refractivity contribution in [2.75, 3.05) is 0 Å². The zero-order valence-corrected chi connectivity index (χ0v) is 8.40. The molecule has 0 nitrogen and oxygen atoms in total. The van der Waals surface area contributed by atoms with Gasteiger partial charge >= 0.3 is 0 Å². The smallest absolute Gasteiger partial charge is 0.0184 e. The molecule has 0 bridgehead atoms. The molecular formula is C15H18. The normalized spacial score (nSPS) is 9.40. The molecular weight excluding hydrogens is 180 g/mol. The van der Waals surface area contributed by atoms with Crippen molar-refractivity contribution in [3.05, 3.63) is 60.2 Å². The van der Waals surface area contributed by atoms with E-state index in [2.05, 4.69) is 55.5 Å². The summed E-state index contributed by atoms with van der Waals surface area (Å²) in [6.07, 6.45) is 1.11. The fourth-order valence-electron chi connectivity index (χ4n) is 1.56. The second-order valence-electron chi connectivity index (χ2n) is 3.42. The lowest BCUT2D eigenvalue weighted by molar-refractivity contribution is 1.14. The maximum Gasteiger partial charge on any atom is -0.0184 e. The van der Waals surface area contributed by atoms with Crippen molar-refractivity contribution in [1.29, 1.82) is 0 Å². The van der Waals surface area contributed by atoms with Gasteiger partial charge in [0, 0.05) is 0 Å². The van der Waals surface area contributed by atoms with Crippen LogP contribution in [0.25, 0.3) is 11.1 Å². The van der Waals surface area contributed by atoms with Crippen molar-refractivity contribution in [1.82, 2.24) is 0 Å². The molecule has 0 N–H and O–H groups in total. The average Bonchev–Trinajstić information content (AvgIpc) is 2.30. The van der Waals surface area contributed by atoms with Crippen molar-refractivity contribution >= 4 is 0 Å². The van der Waals surface area contributed by atoms with Crippen LogP contribution in [0.3, 0.4) is 0 Å². The maximum absolute atomic E-state index is 2.20. The van der Waals surface area contributed by atoms with Crippen LogP contribution >= 0.6 is 0 Å². The number of aryl methyl sites for hydroxylation is 1. The topological polar surface area (TPSA) is 0 Å². The Morgan fingerprint density at radius 3 is 1.80 bits per heavy atom. The molecule has 0 aliphatic carbocycles. The van der Waals surface area contributed by atoms with E-state index in [1.54, 1.807) is 0 Å². The molecule has 0 aliphatic heterocycles. The molecule has 0 spiro atoms. The Morgan fingerprint density at radius 2 is 1.27 bits per heavy atom. The van der Waals surface area contributed by atoms with Gasteiger partial charge in [0.15, 0.2) is 0 Å². The van der Waals surface area contributed by atoms with Crippen LogP contribution in [0, 0.1) is 0 Å². The Bertz CT molecular complexity index is 384. The highest BCUT2D eigenvalue weighted by Crippen LogP contribution is 2.19. The summed E-state index contributed by atoms with van der Waals surface area (Å²) >= 11 is 0. The van der Waals surface area contributed by atoms with Gasteiger partial charge in [0.25, 0.3) is 0 Å². The monoisotopic (exact) mass is 198 g/mol. The summed E-state index contributed by atoms with van der Waals surface area (Å²) in [7, 11) is 0. The van der Waals surface area contributed by atoms with Crippen molar-refractivity contribution in [3.8, 4) is 11.1 Å². The van der Waals surface area contributed by atoms with Crippen molar-refractivity contribution in [2.24, 2.45) is 0 Å². The summed E-state index contributed by atoms with van der Waals surface area (Å²) in [6, 6.07) is 19.2. The third-order valence-corrected chi connectivity index (χ3v) is 2.47. The van der Waals surface area contributed by atoms with Gasteiger partial charge in [-0.1, -0.05) is 68.9 Å². The van der Waals surface area contributed by atoms with Gasteiger partial charge in [0.1, 0.15) is 0 Å². The molecule has 0 amide bonds. The van der Waals surface area contributed by atoms with Crippen molar-refractivity contribution < 1.29 is 0 Å². The predicted octanol–water partition coefficient (Wildman–Crippen LogP) is 4.55. The minimum atomic E-state index is 0. The van der Waals surface area contributed by atoms with Gasteiger partial charge in [-0.15, -0.1) is 0 Å². The van der Waals surface area contributed by atoms with E-state index in [0.29, 0.717) is 0 Å². The van der Waals surface area contributed by atoms with Gasteiger partial charge in [-0.3, -0.25) is 0 Å². The summed E-state index contributed by atoms with van der Waals surface area (Å²) < 4.78 is 0. The summed E-state index contributed by atoms with van der Waals surface area (Å²) in [5.74, 6) is 0. The molecule has 0 radical (unpaired) electrons. The molecule has 15 heavy (non-hydrogen) atoms. The highest BCUT2D eigenvalue weighted by Gasteiger charge is 1.95. The molecule has 0 saturated carbocycles. The second-order valence-corrected chi connectivity index (χ2v) is 3.42. The Labute approximate surface area is 92.6 Å². The van der Waals surface area contributed by atoms with Crippen LogP contribution < -0.4 is 0 Å². The van der Waals surface area contributed by atoms with E-state index in [4.69, 9.17) is 0 Å².